The van der Waals surface area contributed by atoms with Gasteiger partial charge in [-0.15, -0.1) is 0 Å². The molecular weight excluding hydrogens is 1260 g/mol. The van der Waals surface area contributed by atoms with Crippen LogP contribution in [-0.2, 0) is 72.0 Å². The summed E-state index contributed by atoms with van der Waals surface area (Å²) in [6, 6.07) is 16.7. The summed E-state index contributed by atoms with van der Waals surface area (Å²) in [6.07, 6.45) is -17.3. The first kappa shape index (κ1) is 72.3. The number of alkyl carbamates (subject to hydrolysis) is 3. The van der Waals surface area contributed by atoms with Crippen molar-refractivity contribution in [2.75, 3.05) is 26.7 Å². The van der Waals surface area contributed by atoms with Crippen LogP contribution in [0.25, 0.3) is 0 Å². The quantitative estimate of drug-likeness (QED) is 0.0198. The van der Waals surface area contributed by atoms with Gasteiger partial charge in [-0.1, -0.05) is 18.2 Å². The SMILES string of the molecule is CC(=O)NCC1=CC[C@@H](NC(=O)OCc2ccc([N+](=O)[O-])cc2)[C@@H](O[C@H]2[C@H](O)[C@@H](O[C@H]3OC[C@](C)(O)[C@H](N(C)C(=O)OC(C)(C)C)[C@H]3O)[C@H](NC(=O)[C@@H](CCNC(=O)OCc3ccc([N+](=O)[O-])cc3)OC(=O)c3ccccc3)C[C@@H]2NC(=O)OCc2ccc([N+](=O)[O-])cc2)O1. The minimum atomic E-state index is -2.17. The Morgan fingerprint density at radius 3 is 1.65 bits per heavy atom. The fourth-order valence-electron chi connectivity index (χ4n) is 10.2. The van der Waals surface area contributed by atoms with Crippen molar-refractivity contribution in [1.82, 2.24) is 31.5 Å². The molecule has 4 aromatic carbocycles. The average Bonchev–Trinajstić information content (AvgIpc) is 0.769. The van der Waals surface area contributed by atoms with Crippen LogP contribution in [0.15, 0.2) is 115 Å². The second kappa shape index (κ2) is 32.6. The highest BCUT2D eigenvalue weighted by Crippen LogP contribution is 2.35. The van der Waals surface area contributed by atoms with E-state index < -0.39 is 168 Å². The number of hydrogen-bond acceptors (Lipinski definition) is 25. The first-order valence-electron chi connectivity index (χ1n) is 29.6. The third kappa shape index (κ3) is 20.9. The molecule has 6 amide bonds. The number of rotatable bonds is 25. The second-order valence-electron chi connectivity index (χ2n) is 23.4. The van der Waals surface area contributed by atoms with Crippen molar-refractivity contribution in [3.8, 4) is 0 Å². The van der Waals surface area contributed by atoms with Gasteiger partial charge in [-0.3, -0.25) is 39.9 Å². The molecule has 0 spiro atoms. The molecule has 4 aromatic rings. The Morgan fingerprint density at radius 2 is 1.16 bits per heavy atom. The van der Waals surface area contributed by atoms with E-state index in [2.05, 4.69) is 26.6 Å². The Kier molecular flexibility index (Phi) is 24.8. The van der Waals surface area contributed by atoms with Crippen LogP contribution in [0.2, 0.25) is 0 Å². The van der Waals surface area contributed by atoms with Crippen LogP contribution in [0.3, 0.4) is 0 Å². The third-order valence-electron chi connectivity index (χ3n) is 14.9. The van der Waals surface area contributed by atoms with E-state index in [9.17, 15) is 79.2 Å². The van der Waals surface area contributed by atoms with Crippen molar-refractivity contribution < 1.29 is 106 Å². The van der Waals surface area contributed by atoms with Crippen molar-refractivity contribution in [1.29, 1.82) is 0 Å². The molecular formula is C61H73N9O25. The number of nitro groups is 3. The van der Waals surface area contributed by atoms with Crippen molar-refractivity contribution in [3.05, 3.63) is 168 Å². The number of benzene rings is 4. The standard InChI is InChI=1S/C61H73N9O25/c1-34(71)63-29-42-24-25-43(65-57(77)88-31-36-14-20-40(21-15-36)69(83)84)54(91-42)93-50-45(66-58(78)89-32-37-16-22-41(23-17-37)70(85)86)28-44(49(47(50)72)94-55-48(73)51(61(5,80)33-90-55)67(6)59(79)95-60(2,3)4)64-52(74)46(92-53(75)38-10-8-7-9-11-38)26-27-62-56(76)87-30-35-12-18-39(19-13-35)68(81)82/h7-24,43-51,54-55,72-73,80H,25-33H2,1-6H3,(H,62,76)(H,63,71)(H,64,74)(H,65,77)(H,66,78)/t43-,44-,45+,46-,47-,48-,49+,50-,51-,54-,55-,61+/m1/s1. The van der Waals surface area contributed by atoms with E-state index in [1.165, 1.54) is 124 Å². The zero-order valence-electron chi connectivity index (χ0n) is 52.2. The van der Waals surface area contributed by atoms with Gasteiger partial charge in [0.2, 0.25) is 12.2 Å². The Hall–Kier alpha value is -10.1. The molecule has 0 radical (unpaired) electrons. The minimum absolute atomic E-state index is 0.0117. The molecule has 0 bridgehead atoms. The van der Waals surface area contributed by atoms with E-state index in [4.69, 9.17) is 42.6 Å². The van der Waals surface area contributed by atoms with E-state index in [-0.39, 0.29) is 60.1 Å². The molecule has 7 rings (SSSR count). The number of aliphatic hydroxyl groups excluding tert-OH is 2. The number of carbonyl (C=O) groups excluding carboxylic acids is 7. The van der Waals surface area contributed by atoms with Gasteiger partial charge < -0.3 is 89.4 Å². The summed E-state index contributed by atoms with van der Waals surface area (Å²) in [5, 5.41) is 83.7. The number of ether oxygens (including phenoxy) is 9. The molecule has 12 atom stereocenters. The lowest BCUT2D eigenvalue weighted by molar-refractivity contribution is -0.385. The number of likely N-dealkylation sites (N-methyl/N-ethyl adjacent to an activating group) is 1. The molecule has 1 saturated heterocycles. The Labute approximate surface area is 541 Å². The van der Waals surface area contributed by atoms with Crippen molar-refractivity contribution in [2.24, 2.45) is 0 Å². The number of non-ortho nitro benzene ring substituents is 3. The Morgan fingerprint density at radius 1 is 0.674 bits per heavy atom. The molecule has 1 aliphatic carbocycles. The van der Waals surface area contributed by atoms with Gasteiger partial charge in [0.05, 0.1) is 57.7 Å². The molecule has 1 saturated carbocycles. The molecule has 0 aromatic heterocycles. The topological polar surface area (TPSA) is 456 Å². The highest BCUT2D eigenvalue weighted by Gasteiger charge is 2.55. The molecule has 512 valence electrons. The lowest BCUT2D eigenvalue weighted by atomic mass is 9.82. The number of carbonyl (C=O) groups is 7. The first-order valence-corrected chi connectivity index (χ1v) is 29.6. The average molecular weight is 1330 g/mol. The summed E-state index contributed by atoms with van der Waals surface area (Å²) in [4.78, 5) is 128. The van der Waals surface area contributed by atoms with Gasteiger partial charge >= 0.3 is 30.3 Å². The molecule has 0 unspecified atom stereocenters. The molecule has 34 heteroatoms. The van der Waals surface area contributed by atoms with E-state index >= 15 is 0 Å². The maximum atomic E-state index is 15.0. The number of nitrogens with one attached hydrogen (secondary N) is 5. The van der Waals surface area contributed by atoms with Gasteiger partial charge in [-0.25, -0.2) is 24.0 Å². The van der Waals surface area contributed by atoms with Crippen LogP contribution in [0.5, 0.6) is 0 Å². The zero-order valence-corrected chi connectivity index (χ0v) is 52.2. The molecule has 3 aliphatic rings. The molecule has 95 heavy (non-hydrogen) atoms. The van der Waals surface area contributed by atoms with Gasteiger partial charge in [0.25, 0.3) is 23.0 Å². The summed E-state index contributed by atoms with van der Waals surface area (Å²) >= 11 is 0. The van der Waals surface area contributed by atoms with Crippen molar-refractivity contribution >= 4 is 59.2 Å². The van der Waals surface area contributed by atoms with E-state index in [0.717, 1.165) is 4.90 Å². The summed E-state index contributed by atoms with van der Waals surface area (Å²) in [5.74, 6) is -2.53. The molecule has 34 nitrogen and oxygen atoms in total. The highest BCUT2D eigenvalue weighted by molar-refractivity contribution is 5.92. The Bertz CT molecular complexity index is 3410. The van der Waals surface area contributed by atoms with Gasteiger partial charge in [0.15, 0.2) is 12.4 Å². The van der Waals surface area contributed by atoms with Crippen LogP contribution < -0.4 is 26.6 Å². The van der Waals surface area contributed by atoms with Crippen LogP contribution in [0.4, 0.5) is 36.2 Å². The zero-order chi connectivity index (χ0) is 69.3. The lowest BCUT2D eigenvalue weighted by Gasteiger charge is -2.50. The van der Waals surface area contributed by atoms with Crippen LogP contribution >= 0.6 is 0 Å². The monoisotopic (exact) mass is 1330 g/mol. The third-order valence-corrected chi connectivity index (χ3v) is 14.9. The van der Waals surface area contributed by atoms with Crippen LogP contribution in [0, 0.1) is 30.3 Å². The summed E-state index contributed by atoms with van der Waals surface area (Å²) in [6.45, 7) is 4.74. The number of esters is 1. The summed E-state index contributed by atoms with van der Waals surface area (Å²) in [7, 11) is 1.23. The van der Waals surface area contributed by atoms with E-state index in [1.54, 1.807) is 26.8 Å². The minimum Gasteiger partial charge on any atom is -0.465 e. The fourth-order valence-corrected chi connectivity index (χ4v) is 10.2. The van der Waals surface area contributed by atoms with Crippen molar-refractivity contribution in [2.45, 2.75) is 152 Å². The maximum absolute atomic E-state index is 15.0. The smallest absolute Gasteiger partial charge is 0.410 e. The predicted molar refractivity (Wildman–Crippen MR) is 325 cm³/mol. The van der Waals surface area contributed by atoms with Gasteiger partial charge in [0, 0.05) is 63.3 Å². The molecule has 2 heterocycles. The normalized spacial score (nSPS) is 23.4. The number of nitro benzene ring substituents is 3. The molecule has 8 N–H and O–H groups in total. The number of nitrogens with zero attached hydrogens (tertiary/aromatic N) is 4. The number of aliphatic hydroxyl groups is 3. The molecule has 2 aliphatic heterocycles. The first-order chi connectivity index (χ1) is 44.9. The largest absolute Gasteiger partial charge is 0.465 e. The van der Waals surface area contributed by atoms with Crippen LogP contribution in [0.1, 0.15) is 80.9 Å². The van der Waals surface area contributed by atoms with Gasteiger partial charge in [-0.05, 0) is 112 Å². The summed E-state index contributed by atoms with van der Waals surface area (Å²) < 4.78 is 52.8. The van der Waals surface area contributed by atoms with Gasteiger partial charge in [-0.2, -0.15) is 0 Å². The summed E-state index contributed by atoms with van der Waals surface area (Å²) in [5.41, 5.74) is -2.76. The molecule has 2 fully saturated rings. The Balaban J connectivity index is 1.24. The fraction of sp³-hybridized carbons (Fsp3) is 0.459. The predicted octanol–water partition coefficient (Wildman–Crippen LogP) is 4.33. The van der Waals surface area contributed by atoms with Crippen LogP contribution in [-0.4, -0.2) is 182 Å². The second-order valence-corrected chi connectivity index (χ2v) is 23.4. The number of amides is 6. The maximum Gasteiger partial charge on any atom is 0.410 e. The van der Waals surface area contributed by atoms with E-state index in [1.807, 2.05) is 0 Å². The van der Waals surface area contributed by atoms with Gasteiger partial charge in [0.1, 0.15) is 61.2 Å². The lowest BCUT2D eigenvalue weighted by Crippen LogP contribution is -2.70. The van der Waals surface area contributed by atoms with Crippen molar-refractivity contribution in [3.63, 3.8) is 0 Å². The number of hydrogen-bond donors (Lipinski definition) is 8. The van der Waals surface area contributed by atoms with E-state index in [0.29, 0.717) is 11.1 Å². The highest BCUT2D eigenvalue weighted by atomic mass is 16.7.